The first-order valence-electron chi connectivity index (χ1n) is 8.20. The van der Waals surface area contributed by atoms with Crippen LogP contribution in [0.25, 0.3) is 0 Å². The van der Waals surface area contributed by atoms with E-state index in [0.717, 1.165) is 0 Å². The van der Waals surface area contributed by atoms with Crippen molar-refractivity contribution in [3.05, 3.63) is 40.5 Å². The lowest BCUT2D eigenvalue weighted by atomic mass is 9.94. The molecular weight excluding hydrogens is 376 g/mol. The maximum Gasteiger partial charge on any atom is 0.341 e. The van der Waals surface area contributed by atoms with Crippen LogP contribution in [-0.2, 0) is 4.74 Å². The lowest BCUT2D eigenvalue weighted by Crippen LogP contribution is -2.32. The van der Waals surface area contributed by atoms with E-state index in [9.17, 15) is 10.1 Å². The maximum absolute atomic E-state index is 12.2. The number of nitrogens with one attached hydrogen (secondary N) is 2. The van der Waals surface area contributed by atoms with Crippen molar-refractivity contribution in [2.75, 3.05) is 31.0 Å². The maximum atomic E-state index is 12.2. The molecule has 2 heterocycles. The Kier molecular flexibility index (Phi) is 5.06. The number of nitriles is 2. The number of esters is 1. The highest BCUT2D eigenvalue weighted by molar-refractivity contribution is 5.98. The van der Waals surface area contributed by atoms with E-state index in [1.165, 1.54) is 14.2 Å². The molecule has 0 fully saturated rings. The number of methoxy groups -OCH3 is 2. The zero-order valence-corrected chi connectivity index (χ0v) is 15.5. The predicted octanol–water partition coefficient (Wildman–Crippen LogP) is 0.854. The second-order valence-corrected chi connectivity index (χ2v) is 5.85. The van der Waals surface area contributed by atoms with Gasteiger partial charge in [0.2, 0.25) is 5.96 Å². The van der Waals surface area contributed by atoms with Crippen LogP contribution < -0.4 is 26.8 Å². The van der Waals surface area contributed by atoms with E-state index in [4.69, 9.17) is 26.2 Å². The fourth-order valence-electron chi connectivity index (χ4n) is 2.99. The molecule has 0 amide bonds. The first-order chi connectivity index (χ1) is 13.9. The molecule has 3 rings (SSSR count). The first kappa shape index (κ1) is 19.3. The molecule has 0 saturated carbocycles. The van der Waals surface area contributed by atoms with Crippen LogP contribution in [-0.4, -0.2) is 31.1 Å². The van der Waals surface area contributed by atoms with Gasteiger partial charge in [0.1, 0.15) is 40.6 Å². The summed E-state index contributed by atoms with van der Waals surface area (Å²) in [5.41, 5.74) is 13.2. The molecule has 2 aromatic rings. The molecule has 6 N–H and O–H groups in total. The lowest BCUT2D eigenvalue weighted by Gasteiger charge is -2.26. The number of hydrogen-bond donors (Lipinski definition) is 4. The lowest BCUT2D eigenvalue weighted by molar-refractivity contribution is 0.0597. The van der Waals surface area contributed by atoms with Crippen molar-refractivity contribution < 1.29 is 14.3 Å². The minimum absolute atomic E-state index is 0.0177. The number of nitrogens with zero attached hydrogens (tertiary/aromatic N) is 4. The summed E-state index contributed by atoms with van der Waals surface area (Å²) in [4.78, 5) is 20.8. The Balaban J connectivity index is 2.25. The molecule has 1 aliphatic rings. The number of pyridine rings is 1. The molecule has 1 atom stereocenters. The molecule has 29 heavy (non-hydrogen) atoms. The normalized spacial score (nSPS) is 14.3. The zero-order chi connectivity index (χ0) is 21.1. The molecule has 0 radical (unpaired) electrons. The Hall–Kier alpha value is -4.51. The number of rotatable bonds is 3. The Morgan fingerprint density at radius 2 is 2.07 bits per heavy atom. The number of ether oxygens (including phenoxy) is 2. The SMILES string of the molecule is COC(=O)c1cc(C2N=C(NC#N)Nc3nc(N)c(C#N)c(N)c32)ccc1OC. The summed E-state index contributed by atoms with van der Waals surface area (Å²) in [6, 6.07) is 5.96. The molecule has 1 aromatic heterocycles. The molecule has 0 spiro atoms. The van der Waals surface area contributed by atoms with Gasteiger partial charge < -0.3 is 26.3 Å². The number of carbonyl (C=O) groups is 1. The average molecular weight is 392 g/mol. The van der Waals surface area contributed by atoms with E-state index in [0.29, 0.717) is 16.9 Å². The van der Waals surface area contributed by atoms with E-state index >= 15 is 0 Å². The number of aromatic nitrogens is 1. The number of carbonyl (C=O) groups excluding carboxylic acids is 1. The number of guanidine groups is 1. The summed E-state index contributed by atoms with van der Waals surface area (Å²) >= 11 is 0. The highest BCUT2D eigenvalue weighted by Gasteiger charge is 2.30. The van der Waals surface area contributed by atoms with Crippen molar-refractivity contribution >= 4 is 29.3 Å². The van der Waals surface area contributed by atoms with Crippen LogP contribution in [0.3, 0.4) is 0 Å². The third-order valence-electron chi connectivity index (χ3n) is 4.30. The van der Waals surface area contributed by atoms with Crippen LogP contribution in [0.15, 0.2) is 23.2 Å². The molecule has 0 bridgehead atoms. The molecule has 0 aliphatic carbocycles. The smallest absolute Gasteiger partial charge is 0.341 e. The molecule has 1 aliphatic heterocycles. The van der Waals surface area contributed by atoms with Crippen molar-refractivity contribution in [1.29, 1.82) is 10.5 Å². The molecule has 0 saturated heterocycles. The highest BCUT2D eigenvalue weighted by Crippen LogP contribution is 2.41. The van der Waals surface area contributed by atoms with Crippen LogP contribution in [0.1, 0.15) is 33.1 Å². The summed E-state index contributed by atoms with van der Waals surface area (Å²) in [6.07, 6.45) is 1.77. The van der Waals surface area contributed by atoms with Gasteiger partial charge in [0.05, 0.1) is 19.9 Å². The summed E-state index contributed by atoms with van der Waals surface area (Å²) in [6.45, 7) is 0. The quantitative estimate of drug-likeness (QED) is 0.331. The number of nitrogens with two attached hydrogens (primary N) is 2. The van der Waals surface area contributed by atoms with Crippen molar-refractivity contribution in [3.8, 4) is 18.0 Å². The fraction of sp³-hybridized carbons (Fsp3) is 0.167. The molecule has 146 valence electrons. The molecule has 1 aromatic carbocycles. The van der Waals surface area contributed by atoms with Gasteiger partial charge in [-0.2, -0.15) is 10.5 Å². The summed E-state index contributed by atoms with van der Waals surface area (Å²) in [7, 11) is 2.68. The van der Waals surface area contributed by atoms with Gasteiger partial charge in [-0.15, -0.1) is 0 Å². The molecule has 11 nitrogen and oxygen atoms in total. The Morgan fingerprint density at radius 3 is 2.69 bits per heavy atom. The van der Waals surface area contributed by atoms with Gasteiger partial charge in [-0.05, 0) is 17.7 Å². The zero-order valence-electron chi connectivity index (χ0n) is 15.5. The van der Waals surface area contributed by atoms with Gasteiger partial charge in [-0.3, -0.25) is 5.32 Å². The predicted molar refractivity (Wildman–Crippen MR) is 104 cm³/mol. The van der Waals surface area contributed by atoms with Crippen molar-refractivity contribution in [3.63, 3.8) is 0 Å². The van der Waals surface area contributed by atoms with Crippen molar-refractivity contribution in [2.24, 2.45) is 4.99 Å². The third kappa shape index (κ3) is 3.28. The number of benzene rings is 1. The minimum atomic E-state index is -0.781. The Bertz CT molecular complexity index is 1110. The minimum Gasteiger partial charge on any atom is -0.496 e. The van der Waals surface area contributed by atoms with Gasteiger partial charge >= 0.3 is 5.97 Å². The topological polar surface area (TPSA) is 184 Å². The molecule has 1 unspecified atom stereocenters. The van der Waals surface area contributed by atoms with E-state index in [1.807, 2.05) is 6.07 Å². The summed E-state index contributed by atoms with van der Waals surface area (Å²) in [5.74, 6) is 0.00961. The van der Waals surface area contributed by atoms with E-state index in [2.05, 4.69) is 20.6 Å². The first-order valence-corrected chi connectivity index (χ1v) is 8.20. The van der Waals surface area contributed by atoms with Crippen molar-refractivity contribution in [2.45, 2.75) is 6.04 Å². The van der Waals surface area contributed by atoms with Gasteiger partial charge in [-0.25, -0.2) is 14.8 Å². The van der Waals surface area contributed by atoms with Crippen LogP contribution in [0.4, 0.5) is 17.3 Å². The second kappa shape index (κ2) is 7.62. The average Bonchev–Trinajstić information content (AvgIpc) is 2.72. The second-order valence-electron chi connectivity index (χ2n) is 5.85. The third-order valence-corrected chi connectivity index (χ3v) is 4.30. The van der Waals surface area contributed by atoms with Crippen LogP contribution in [0, 0.1) is 22.8 Å². The Morgan fingerprint density at radius 1 is 1.31 bits per heavy atom. The number of nitrogen functional groups attached to an aromatic ring is 2. The van der Waals surface area contributed by atoms with Crippen molar-refractivity contribution in [1.82, 2.24) is 10.3 Å². The van der Waals surface area contributed by atoms with Crippen LogP contribution >= 0.6 is 0 Å². The number of fused-ring (bicyclic) bond motifs is 1. The number of hydrogen-bond acceptors (Lipinski definition) is 11. The number of anilines is 3. The van der Waals surface area contributed by atoms with Gasteiger partial charge in [-0.1, -0.05) is 6.07 Å². The van der Waals surface area contributed by atoms with Crippen LogP contribution in [0.2, 0.25) is 0 Å². The largest absolute Gasteiger partial charge is 0.496 e. The summed E-state index contributed by atoms with van der Waals surface area (Å²) < 4.78 is 10.0. The Labute approximate surface area is 165 Å². The summed E-state index contributed by atoms with van der Waals surface area (Å²) in [5, 5.41) is 23.6. The molecule has 11 heteroatoms. The highest BCUT2D eigenvalue weighted by atomic mass is 16.5. The van der Waals surface area contributed by atoms with E-state index in [-0.39, 0.29) is 34.4 Å². The molecular formula is C18H16N8O3. The number of aliphatic imine (C=N–C) groups is 1. The fourth-order valence-corrected chi connectivity index (χ4v) is 2.99. The van der Waals surface area contributed by atoms with Crippen LogP contribution in [0.5, 0.6) is 5.75 Å². The standard InChI is InChI=1S/C18H16N8O3/c1-28-11-4-3-8(5-9(11)17(27)29-2)14-12-13(21)10(6-19)15(22)25-16(12)26-18(24-14)23-7-20/h3-5,14H,1-2H3,(H6,21,22,23,24,25,26). The van der Waals surface area contributed by atoms with Gasteiger partial charge in [0, 0.05) is 5.56 Å². The van der Waals surface area contributed by atoms with Gasteiger partial charge in [0.25, 0.3) is 0 Å². The van der Waals surface area contributed by atoms with E-state index < -0.39 is 12.0 Å². The van der Waals surface area contributed by atoms with Gasteiger partial charge in [0.15, 0.2) is 6.19 Å². The monoisotopic (exact) mass is 392 g/mol. The van der Waals surface area contributed by atoms with E-state index in [1.54, 1.807) is 24.4 Å².